The highest BCUT2D eigenvalue weighted by atomic mass is 32.1. The van der Waals surface area contributed by atoms with Crippen LogP contribution in [-0.4, -0.2) is 17.2 Å². The molecule has 1 aromatic heterocycles. The summed E-state index contributed by atoms with van der Waals surface area (Å²) in [5, 5.41) is 4.32. The van der Waals surface area contributed by atoms with Crippen molar-refractivity contribution in [1.29, 1.82) is 0 Å². The van der Waals surface area contributed by atoms with Crippen molar-refractivity contribution in [2.75, 3.05) is 6.54 Å². The fourth-order valence-electron chi connectivity index (χ4n) is 4.60. The highest BCUT2D eigenvalue weighted by Gasteiger charge is 2.38. The number of rotatable bonds is 5. The Hall–Kier alpha value is -2.13. The Morgan fingerprint density at radius 2 is 1.89 bits per heavy atom. The number of thiophene rings is 1. The third-order valence-corrected chi connectivity index (χ3v) is 6.52. The number of carbonyl (C=O) groups is 1. The first-order valence-electron chi connectivity index (χ1n) is 10.0. The summed E-state index contributed by atoms with van der Waals surface area (Å²) in [6, 6.07) is 12.7. The Balaban J connectivity index is 1.78. The fraction of sp³-hybridized carbons (Fsp3) is 0.375. The Kier molecular flexibility index (Phi) is 5.31. The van der Waals surface area contributed by atoms with Crippen LogP contribution in [0, 0.1) is 0 Å². The van der Waals surface area contributed by atoms with Gasteiger partial charge in [-0.3, -0.25) is 4.79 Å². The number of Topliss-reactive ketones (excluding diaryl/α,β-unsaturated/α-hetero) is 1. The van der Waals surface area contributed by atoms with E-state index in [4.69, 9.17) is 0 Å². The third kappa shape index (κ3) is 3.41. The predicted octanol–water partition coefficient (Wildman–Crippen LogP) is 6.25. The third-order valence-electron chi connectivity index (χ3n) is 5.82. The molecule has 0 amide bonds. The van der Waals surface area contributed by atoms with E-state index in [2.05, 4.69) is 65.9 Å². The summed E-state index contributed by atoms with van der Waals surface area (Å²) in [5.74, 6) is 0.738. The topological polar surface area (TPSA) is 20.3 Å². The minimum absolute atomic E-state index is 0.125. The lowest BCUT2D eigenvalue weighted by atomic mass is 9.74. The van der Waals surface area contributed by atoms with Gasteiger partial charge in [0.05, 0.1) is 0 Å². The Labute approximate surface area is 166 Å². The molecule has 0 bridgehead atoms. The molecule has 2 atom stereocenters. The van der Waals surface area contributed by atoms with E-state index in [0.29, 0.717) is 12.2 Å². The average molecular weight is 378 g/mol. The second kappa shape index (κ2) is 7.85. The van der Waals surface area contributed by atoms with Gasteiger partial charge in [-0.25, -0.2) is 0 Å². The first-order valence-corrected chi connectivity index (χ1v) is 11.0. The van der Waals surface area contributed by atoms with E-state index in [1.54, 1.807) is 11.3 Å². The monoisotopic (exact) mass is 377 g/mol. The van der Waals surface area contributed by atoms with Crippen molar-refractivity contribution in [3.63, 3.8) is 0 Å². The highest BCUT2D eigenvalue weighted by molar-refractivity contribution is 7.08. The highest BCUT2D eigenvalue weighted by Crippen LogP contribution is 2.46. The largest absolute Gasteiger partial charge is 0.349 e. The molecular weight excluding hydrogens is 350 g/mol. The number of hydrogen-bond acceptors (Lipinski definition) is 3. The van der Waals surface area contributed by atoms with E-state index >= 15 is 0 Å². The normalized spacial score (nSPS) is 22.7. The second-order valence-corrected chi connectivity index (χ2v) is 8.27. The number of nitrogens with zero attached hydrogens (tertiary/aromatic N) is 1. The van der Waals surface area contributed by atoms with E-state index in [-0.39, 0.29) is 11.8 Å². The molecule has 140 valence electrons. The minimum atomic E-state index is 0.125. The van der Waals surface area contributed by atoms with Crippen LogP contribution in [0.25, 0.3) is 0 Å². The van der Waals surface area contributed by atoms with Crippen LogP contribution in [0.3, 0.4) is 0 Å². The van der Waals surface area contributed by atoms with Crippen LogP contribution in [0.2, 0.25) is 0 Å². The Morgan fingerprint density at radius 3 is 2.56 bits per heavy atom. The van der Waals surface area contributed by atoms with E-state index in [1.165, 1.54) is 22.5 Å². The van der Waals surface area contributed by atoms with Crippen LogP contribution >= 0.6 is 11.3 Å². The number of allylic oxidation sites excluding steroid dienone is 4. The molecule has 0 saturated heterocycles. The molecule has 4 rings (SSSR count). The van der Waals surface area contributed by atoms with Gasteiger partial charge in [0.2, 0.25) is 0 Å². The summed E-state index contributed by atoms with van der Waals surface area (Å²) < 4.78 is 0. The SMILES string of the molecule is CCCC1=CC(c2ccsc2)C2=C(CC(c3ccccc3)CC2=O)N1CC. The van der Waals surface area contributed by atoms with Gasteiger partial charge in [-0.05, 0) is 53.6 Å². The molecule has 2 aromatic rings. The molecule has 1 aliphatic carbocycles. The van der Waals surface area contributed by atoms with E-state index in [9.17, 15) is 4.79 Å². The lowest BCUT2D eigenvalue weighted by Gasteiger charge is -2.41. The van der Waals surface area contributed by atoms with Crippen molar-refractivity contribution >= 4 is 17.1 Å². The van der Waals surface area contributed by atoms with E-state index < -0.39 is 0 Å². The molecule has 27 heavy (non-hydrogen) atoms. The maximum absolute atomic E-state index is 13.3. The molecule has 0 radical (unpaired) electrons. The molecule has 0 saturated carbocycles. The summed E-state index contributed by atoms with van der Waals surface area (Å²) >= 11 is 1.72. The zero-order valence-electron chi connectivity index (χ0n) is 16.2. The van der Waals surface area contributed by atoms with Crippen molar-refractivity contribution in [2.45, 2.75) is 51.4 Å². The average Bonchev–Trinajstić information content (AvgIpc) is 3.22. The van der Waals surface area contributed by atoms with Crippen LogP contribution in [-0.2, 0) is 4.79 Å². The van der Waals surface area contributed by atoms with Crippen LogP contribution < -0.4 is 0 Å². The van der Waals surface area contributed by atoms with Gasteiger partial charge in [0.15, 0.2) is 5.78 Å². The van der Waals surface area contributed by atoms with Gasteiger partial charge in [-0.1, -0.05) is 49.8 Å². The molecule has 1 aliphatic heterocycles. The van der Waals surface area contributed by atoms with Crippen molar-refractivity contribution in [3.8, 4) is 0 Å². The Bertz CT molecular complexity index is 863. The number of hydrogen-bond donors (Lipinski definition) is 0. The number of carbonyl (C=O) groups excluding carboxylic acids is 1. The predicted molar refractivity (Wildman–Crippen MR) is 113 cm³/mol. The first-order chi connectivity index (χ1) is 13.2. The molecule has 0 N–H and O–H groups in total. The molecule has 3 heteroatoms. The molecule has 2 heterocycles. The molecule has 2 aliphatic rings. The van der Waals surface area contributed by atoms with Gasteiger partial charge in [0.1, 0.15) is 0 Å². The van der Waals surface area contributed by atoms with Crippen molar-refractivity contribution in [1.82, 2.24) is 4.90 Å². The van der Waals surface area contributed by atoms with Gasteiger partial charge in [-0.15, -0.1) is 0 Å². The molecule has 1 aromatic carbocycles. The molecule has 2 unspecified atom stereocenters. The van der Waals surface area contributed by atoms with Crippen molar-refractivity contribution < 1.29 is 4.79 Å². The second-order valence-electron chi connectivity index (χ2n) is 7.49. The van der Waals surface area contributed by atoms with Gasteiger partial charge in [0, 0.05) is 35.9 Å². The summed E-state index contributed by atoms with van der Waals surface area (Å²) in [6.07, 6.45) is 6.13. The van der Waals surface area contributed by atoms with Gasteiger partial charge >= 0.3 is 0 Å². The maximum Gasteiger partial charge on any atom is 0.162 e. The summed E-state index contributed by atoms with van der Waals surface area (Å²) in [5.41, 5.74) is 6.25. The molecule has 0 spiro atoms. The zero-order chi connectivity index (χ0) is 18.8. The quantitative estimate of drug-likeness (QED) is 0.613. The van der Waals surface area contributed by atoms with Crippen LogP contribution in [0.4, 0.5) is 0 Å². The lowest BCUT2D eigenvalue weighted by molar-refractivity contribution is -0.116. The van der Waals surface area contributed by atoms with E-state index in [1.807, 2.05) is 6.07 Å². The smallest absolute Gasteiger partial charge is 0.162 e. The number of ketones is 1. The zero-order valence-corrected chi connectivity index (χ0v) is 17.0. The van der Waals surface area contributed by atoms with Gasteiger partial charge < -0.3 is 4.90 Å². The van der Waals surface area contributed by atoms with Crippen molar-refractivity contribution in [2.24, 2.45) is 0 Å². The number of benzene rings is 1. The minimum Gasteiger partial charge on any atom is -0.349 e. The van der Waals surface area contributed by atoms with Crippen LogP contribution in [0.1, 0.15) is 62.5 Å². The van der Waals surface area contributed by atoms with Crippen LogP contribution in [0.5, 0.6) is 0 Å². The maximum atomic E-state index is 13.3. The van der Waals surface area contributed by atoms with Crippen LogP contribution in [0.15, 0.2) is 70.2 Å². The summed E-state index contributed by atoms with van der Waals surface area (Å²) in [6.45, 7) is 5.36. The lowest BCUT2D eigenvalue weighted by Crippen LogP contribution is -2.35. The molecule has 2 nitrogen and oxygen atoms in total. The first kappa shape index (κ1) is 18.2. The standard InChI is InChI=1S/C24H27NOS/c1-3-8-20-15-21(18-11-12-27-16-18)24-22(25(20)4-2)13-19(14-23(24)26)17-9-6-5-7-10-17/h5-7,9-12,15-16,19,21H,3-4,8,13-14H2,1-2H3. The fourth-order valence-corrected chi connectivity index (χ4v) is 5.30. The van der Waals surface area contributed by atoms with Gasteiger partial charge in [-0.2, -0.15) is 11.3 Å². The van der Waals surface area contributed by atoms with Crippen molar-refractivity contribution in [3.05, 3.63) is 81.3 Å². The van der Waals surface area contributed by atoms with Gasteiger partial charge in [0.25, 0.3) is 0 Å². The summed E-state index contributed by atoms with van der Waals surface area (Å²) in [7, 11) is 0. The Morgan fingerprint density at radius 1 is 1.07 bits per heavy atom. The van der Waals surface area contributed by atoms with E-state index in [0.717, 1.165) is 31.4 Å². The summed E-state index contributed by atoms with van der Waals surface area (Å²) in [4.78, 5) is 15.8. The molecule has 0 fully saturated rings. The molecular formula is C24H27NOS.